The molecule has 0 fully saturated rings. The van der Waals surface area contributed by atoms with E-state index in [2.05, 4.69) is 14.7 Å². The molecule has 1 aromatic heterocycles. The molecule has 176 valence electrons. The largest absolute Gasteiger partial charge is 0.342 e. The van der Waals surface area contributed by atoms with Crippen molar-refractivity contribution in [3.63, 3.8) is 0 Å². The van der Waals surface area contributed by atoms with Crippen molar-refractivity contribution in [3.05, 3.63) is 111 Å². The van der Waals surface area contributed by atoms with Crippen LogP contribution in [-0.4, -0.2) is 31.5 Å². The van der Waals surface area contributed by atoms with Crippen molar-refractivity contribution in [1.29, 1.82) is 5.41 Å². The Hall–Kier alpha value is -3.65. The highest BCUT2D eigenvalue weighted by Crippen LogP contribution is 2.34. The lowest BCUT2D eigenvalue weighted by atomic mass is 10.1. The second-order valence-corrected chi connectivity index (χ2v) is 10.1. The molecule has 0 radical (unpaired) electrons. The molecule has 9 heteroatoms. The number of aromatic nitrogens is 1. The first-order valence-corrected chi connectivity index (χ1v) is 12.6. The summed E-state index contributed by atoms with van der Waals surface area (Å²) < 4.78 is 2.12. The van der Waals surface area contributed by atoms with E-state index in [1.54, 1.807) is 12.1 Å². The van der Waals surface area contributed by atoms with Crippen LogP contribution in [0, 0.1) is 5.41 Å². The normalized spacial score (nSPS) is 16.5. The monoisotopic (exact) mass is 529 g/mol. The summed E-state index contributed by atoms with van der Waals surface area (Å²) in [6.45, 7) is 0.642. The number of rotatable bonds is 4. The van der Waals surface area contributed by atoms with Crippen LogP contribution in [0.15, 0.2) is 94.7 Å². The molecular formula is C27H17Cl2N5OS. The van der Waals surface area contributed by atoms with Gasteiger partial charge in [0.05, 0.1) is 10.6 Å². The molecule has 1 N–H and O–H groups in total. The summed E-state index contributed by atoms with van der Waals surface area (Å²) >= 11 is 13.6. The van der Waals surface area contributed by atoms with E-state index in [4.69, 9.17) is 28.6 Å². The van der Waals surface area contributed by atoms with Crippen molar-refractivity contribution in [3.8, 4) is 0 Å². The fourth-order valence-corrected chi connectivity index (χ4v) is 5.54. The molecule has 3 aromatic carbocycles. The minimum atomic E-state index is -0.469. The summed E-state index contributed by atoms with van der Waals surface area (Å²) in [6, 6.07) is 23.0. The number of amides is 1. The van der Waals surface area contributed by atoms with Gasteiger partial charge in [-0.2, -0.15) is 15.1 Å². The number of amidine groups is 2. The topological polar surface area (TPSA) is 73.8 Å². The van der Waals surface area contributed by atoms with Crippen LogP contribution in [0.3, 0.4) is 0 Å². The van der Waals surface area contributed by atoms with Crippen molar-refractivity contribution in [2.45, 2.75) is 6.54 Å². The second-order valence-electron chi connectivity index (χ2n) is 8.26. The first-order chi connectivity index (χ1) is 17.5. The molecule has 2 aliphatic rings. The van der Waals surface area contributed by atoms with Crippen molar-refractivity contribution in [2.75, 3.05) is 0 Å². The maximum atomic E-state index is 13.0. The fourth-order valence-electron chi connectivity index (χ4n) is 4.20. The summed E-state index contributed by atoms with van der Waals surface area (Å²) in [5.41, 5.74) is 3.86. The minimum absolute atomic E-state index is 0.0194. The molecule has 1 amide bonds. The predicted octanol–water partition coefficient (Wildman–Crippen LogP) is 6.66. The third kappa shape index (κ3) is 4.05. The summed E-state index contributed by atoms with van der Waals surface area (Å²) in [4.78, 5) is 17.2. The zero-order valence-electron chi connectivity index (χ0n) is 18.7. The second kappa shape index (κ2) is 9.09. The number of fused-ring (bicyclic) bond motifs is 2. The number of para-hydroxylation sites is 1. The van der Waals surface area contributed by atoms with Gasteiger partial charge in [0.15, 0.2) is 5.84 Å². The van der Waals surface area contributed by atoms with Gasteiger partial charge in [0, 0.05) is 39.8 Å². The van der Waals surface area contributed by atoms with Gasteiger partial charge in [-0.15, -0.1) is 0 Å². The molecule has 0 aliphatic carbocycles. The van der Waals surface area contributed by atoms with Gasteiger partial charge in [-0.05, 0) is 47.7 Å². The van der Waals surface area contributed by atoms with Crippen LogP contribution in [-0.2, 0) is 11.3 Å². The standard InChI is InChI=1S/C27H17Cl2N5OS/c28-18-11-9-16(10-12-18)14-33-15-17(19-5-2-4-8-23(19)33)13-21-24(30)34-27(31-25(21)35)36-26(32-34)20-6-1-3-7-22(20)29/h1-13,15,30H,14H2/b21-13-,30-24?. The van der Waals surface area contributed by atoms with Gasteiger partial charge in [0.2, 0.25) is 5.17 Å². The van der Waals surface area contributed by atoms with Gasteiger partial charge < -0.3 is 4.57 Å². The highest BCUT2D eigenvalue weighted by molar-refractivity contribution is 8.27. The lowest BCUT2D eigenvalue weighted by molar-refractivity contribution is -0.114. The Bertz CT molecular complexity index is 1650. The molecule has 36 heavy (non-hydrogen) atoms. The van der Waals surface area contributed by atoms with Crippen LogP contribution in [0.1, 0.15) is 16.7 Å². The molecular weight excluding hydrogens is 513 g/mol. The number of benzene rings is 3. The number of carbonyl (C=O) groups is 1. The van der Waals surface area contributed by atoms with Crippen molar-refractivity contribution in [1.82, 2.24) is 9.58 Å². The van der Waals surface area contributed by atoms with E-state index >= 15 is 0 Å². The van der Waals surface area contributed by atoms with E-state index in [1.807, 2.05) is 72.9 Å². The Labute approximate surface area is 221 Å². The number of thioether (sulfide) groups is 1. The molecule has 0 atom stereocenters. The third-order valence-electron chi connectivity index (χ3n) is 5.94. The van der Waals surface area contributed by atoms with Gasteiger partial charge >= 0.3 is 0 Å². The summed E-state index contributed by atoms with van der Waals surface area (Å²) in [5, 5.41) is 17.9. The number of carbonyl (C=O) groups excluding carboxylic acids is 1. The average Bonchev–Trinajstić information content (AvgIpc) is 3.45. The number of hydrogen-bond donors (Lipinski definition) is 1. The van der Waals surface area contributed by atoms with Gasteiger partial charge in [0.25, 0.3) is 5.91 Å². The number of halogens is 2. The average molecular weight is 530 g/mol. The van der Waals surface area contributed by atoms with Crippen LogP contribution in [0.2, 0.25) is 10.0 Å². The predicted molar refractivity (Wildman–Crippen MR) is 148 cm³/mol. The zero-order chi connectivity index (χ0) is 24.8. The SMILES string of the molecule is N=C1/C(=C/c2cn(Cc3ccc(Cl)cc3)c3ccccc23)C(=O)N=C2SC(c3ccccc3Cl)=NN12. The highest BCUT2D eigenvalue weighted by atomic mass is 35.5. The number of nitrogens with one attached hydrogen (secondary N) is 1. The fraction of sp³-hybridized carbons (Fsp3) is 0.0370. The van der Waals surface area contributed by atoms with Crippen molar-refractivity contribution < 1.29 is 4.79 Å². The number of hydrogen-bond acceptors (Lipinski definition) is 4. The maximum Gasteiger partial charge on any atom is 0.283 e. The lowest BCUT2D eigenvalue weighted by Gasteiger charge is -2.20. The van der Waals surface area contributed by atoms with E-state index in [9.17, 15) is 4.79 Å². The van der Waals surface area contributed by atoms with Crippen LogP contribution in [0.5, 0.6) is 0 Å². The molecule has 4 aromatic rings. The number of nitrogens with zero attached hydrogens (tertiary/aromatic N) is 4. The molecule has 0 saturated carbocycles. The van der Waals surface area contributed by atoms with Crippen LogP contribution in [0.4, 0.5) is 0 Å². The Morgan fingerprint density at radius 1 is 0.972 bits per heavy atom. The maximum absolute atomic E-state index is 13.0. The quantitative estimate of drug-likeness (QED) is 0.300. The molecule has 3 heterocycles. The molecule has 0 bridgehead atoms. The highest BCUT2D eigenvalue weighted by Gasteiger charge is 2.36. The Balaban J connectivity index is 1.37. The van der Waals surface area contributed by atoms with Crippen LogP contribution < -0.4 is 0 Å². The first kappa shape index (κ1) is 22.8. The van der Waals surface area contributed by atoms with Gasteiger partial charge in [-0.25, -0.2) is 0 Å². The first-order valence-electron chi connectivity index (χ1n) is 11.1. The Morgan fingerprint density at radius 2 is 1.72 bits per heavy atom. The van der Waals surface area contributed by atoms with E-state index < -0.39 is 5.91 Å². The summed E-state index contributed by atoms with van der Waals surface area (Å²) in [7, 11) is 0. The van der Waals surface area contributed by atoms with Crippen molar-refractivity contribution in [2.24, 2.45) is 10.1 Å². The number of aliphatic imine (C=N–C) groups is 1. The Kier molecular flexibility index (Phi) is 5.76. The lowest BCUT2D eigenvalue weighted by Crippen LogP contribution is -2.35. The van der Waals surface area contributed by atoms with E-state index in [0.717, 1.165) is 27.6 Å². The molecule has 0 unspecified atom stereocenters. The Morgan fingerprint density at radius 3 is 2.53 bits per heavy atom. The van der Waals surface area contributed by atoms with E-state index in [1.165, 1.54) is 16.8 Å². The zero-order valence-corrected chi connectivity index (χ0v) is 21.0. The molecule has 6 nitrogen and oxygen atoms in total. The summed E-state index contributed by atoms with van der Waals surface area (Å²) in [6.07, 6.45) is 3.71. The third-order valence-corrected chi connectivity index (χ3v) is 7.47. The minimum Gasteiger partial charge on any atom is -0.342 e. The summed E-state index contributed by atoms with van der Waals surface area (Å²) in [5.74, 6) is -0.488. The van der Waals surface area contributed by atoms with Gasteiger partial charge in [-0.1, -0.05) is 71.7 Å². The smallest absolute Gasteiger partial charge is 0.283 e. The van der Waals surface area contributed by atoms with E-state index in [-0.39, 0.29) is 11.4 Å². The van der Waals surface area contributed by atoms with Crippen LogP contribution >= 0.6 is 35.0 Å². The molecule has 0 spiro atoms. The molecule has 6 rings (SSSR count). The number of hydrazone groups is 1. The molecule has 2 aliphatic heterocycles. The van der Waals surface area contributed by atoms with Gasteiger partial charge in [0.1, 0.15) is 5.04 Å². The van der Waals surface area contributed by atoms with E-state index in [0.29, 0.717) is 26.8 Å². The van der Waals surface area contributed by atoms with Gasteiger partial charge in [-0.3, -0.25) is 10.2 Å². The molecule has 0 saturated heterocycles. The van der Waals surface area contributed by atoms with Crippen molar-refractivity contribution >= 4 is 73.9 Å². The van der Waals surface area contributed by atoms with Crippen LogP contribution in [0.25, 0.3) is 17.0 Å².